The topological polar surface area (TPSA) is 21.7 Å². The summed E-state index contributed by atoms with van der Waals surface area (Å²) >= 11 is 4.28. The third-order valence-corrected chi connectivity index (χ3v) is 3.25. The predicted molar refractivity (Wildman–Crippen MR) is 77.1 cm³/mol. The second-order valence-electron chi connectivity index (χ2n) is 4.59. The van der Waals surface area contributed by atoms with Crippen LogP contribution in [0.1, 0.15) is 26.2 Å². The molecule has 0 bridgehead atoms. The molecule has 0 amide bonds. The highest BCUT2D eigenvalue weighted by molar-refractivity contribution is 7.80. The summed E-state index contributed by atoms with van der Waals surface area (Å²) < 4.78 is 10.2. The van der Waals surface area contributed by atoms with Gasteiger partial charge in [0.25, 0.3) is 0 Å². The van der Waals surface area contributed by atoms with E-state index in [1.54, 1.807) is 14.2 Å². The molecule has 3 nitrogen and oxygen atoms in total. The molecule has 0 N–H and O–H groups in total. The van der Waals surface area contributed by atoms with Crippen molar-refractivity contribution in [3.05, 3.63) is 0 Å². The summed E-state index contributed by atoms with van der Waals surface area (Å²) in [4.78, 5) is 2.47. The molecular weight excluding hydrogens is 234 g/mol. The van der Waals surface area contributed by atoms with Gasteiger partial charge in [0.05, 0.1) is 6.61 Å². The van der Waals surface area contributed by atoms with Crippen LogP contribution in [0.4, 0.5) is 0 Å². The Morgan fingerprint density at radius 2 is 1.71 bits per heavy atom. The molecule has 104 valence electrons. The van der Waals surface area contributed by atoms with Crippen molar-refractivity contribution >= 4 is 12.6 Å². The van der Waals surface area contributed by atoms with Crippen LogP contribution in [0.25, 0.3) is 0 Å². The average molecular weight is 263 g/mol. The van der Waals surface area contributed by atoms with Crippen molar-refractivity contribution in [3.63, 3.8) is 0 Å². The van der Waals surface area contributed by atoms with E-state index < -0.39 is 0 Å². The number of nitrogens with zero attached hydrogens (tertiary/aromatic N) is 1. The van der Waals surface area contributed by atoms with E-state index in [4.69, 9.17) is 9.47 Å². The molecule has 0 aliphatic rings. The fourth-order valence-corrected chi connectivity index (χ4v) is 2.20. The molecule has 1 atom stereocenters. The normalized spacial score (nSPS) is 13.2. The molecule has 0 fully saturated rings. The Hall–Kier alpha value is 0.230. The maximum absolute atomic E-state index is 5.15. The Morgan fingerprint density at radius 3 is 2.29 bits per heavy atom. The van der Waals surface area contributed by atoms with E-state index in [2.05, 4.69) is 24.5 Å². The van der Waals surface area contributed by atoms with Crippen molar-refractivity contribution in [3.8, 4) is 0 Å². The zero-order valence-corrected chi connectivity index (χ0v) is 12.5. The second-order valence-corrected chi connectivity index (χ2v) is 5.03. The smallest absolute Gasteiger partial charge is 0.0589 e. The summed E-state index contributed by atoms with van der Waals surface area (Å²) in [6.45, 7) is 7.24. The standard InChI is InChI=1S/C13H29NO2S/c1-13(6-12-17)5-8-14(9-11-16-3)7-4-10-15-2/h13,17H,4-12H2,1-3H3. The van der Waals surface area contributed by atoms with Crippen molar-refractivity contribution in [1.29, 1.82) is 0 Å². The summed E-state index contributed by atoms with van der Waals surface area (Å²) in [5.74, 6) is 1.75. The molecule has 0 saturated carbocycles. The van der Waals surface area contributed by atoms with Crippen molar-refractivity contribution < 1.29 is 9.47 Å². The molecule has 1 unspecified atom stereocenters. The van der Waals surface area contributed by atoms with E-state index >= 15 is 0 Å². The van der Waals surface area contributed by atoms with Crippen LogP contribution in [-0.2, 0) is 9.47 Å². The molecular formula is C13H29NO2S. The summed E-state index contributed by atoms with van der Waals surface area (Å²) in [5.41, 5.74) is 0. The third kappa shape index (κ3) is 11.1. The van der Waals surface area contributed by atoms with Crippen LogP contribution in [0.5, 0.6) is 0 Å². The second kappa shape index (κ2) is 12.7. The number of hydrogen-bond donors (Lipinski definition) is 1. The van der Waals surface area contributed by atoms with E-state index in [1.165, 1.54) is 12.8 Å². The number of thiol groups is 1. The Balaban J connectivity index is 3.74. The van der Waals surface area contributed by atoms with Gasteiger partial charge in [0, 0.05) is 33.9 Å². The van der Waals surface area contributed by atoms with Crippen LogP contribution >= 0.6 is 12.6 Å². The fourth-order valence-electron chi connectivity index (χ4n) is 1.76. The van der Waals surface area contributed by atoms with Gasteiger partial charge in [-0.25, -0.2) is 0 Å². The number of rotatable bonds is 12. The van der Waals surface area contributed by atoms with Gasteiger partial charge in [-0.2, -0.15) is 12.6 Å². The van der Waals surface area contributed by atoms with Gasteiger partial charge in [-0.15, -0.1) is 0 Å². The van der Waals surface area contributed by atoms with Crippen LogP contribution < -0.4 is 0 Å². The fraction of sp³-hybridized carbons (Fsp3) is 1.00. The lowest BCUT2D eigenvalue weighted by Gasteiger charge is -2.23. The molecule has 0 saturated heterocycles. The molecule has 0 heterocycles. The highest BCUT2D eigenvalue weighted by Gasteiger charge is 2.07. The van der Waals surface area contributed by atoms with Crippen LogP contribution in [0.15, 0.2) is 0 Å². The van der Waals surface area contributed by atoms with E-state index in [-0.39, 0.29) is 0 Å². The van der Waals surface area contributed by atoms with E-state index in [1.807, 2.05) is 0 Å². The number of ether oxygens (including phenoxy) is 2. The van der Waals surface area contributed by atoms with Crippen molar-refractivity contribution in [2.45, 2.75) is 26.2 Å². The van der Waals surface area contributed by atoms with Gasteiger partial charge < -0.3 is 14.4 Å². The summed E-state index contributed by atoms with van der Waals surface area (Å²) in [5, 5.41) is 0. The quantitative estimate of drug-likeness (QED) is 0.431. The minimum absolute atomic E-state index is 0.764. The lowest BCUT2D eigenvalue weighted by molar-refractivity contribution is 0.129. The van der Waals surface area contributed by atoms with Crippen molar-refractivity contribution in [2.75, 3.05) is 52.8 Å². The highest BCUT2D eigenvalue weighted by atomic mass is 32.1. The Bertz CT molecular complexity index is 158. The molecule has 0 radical (unpaired) electrons. The molecule has 0 spiro atoms. The van der Waals surface area contributed by atoms with Crippen molar-refractivity contribution in [2.24, 2.45) is 5.92 Å². The van der Waals surface area contributed by atoms with Crippen LogP contribution in [0.3, 0.4) is 0 Å². The Labute approximate surface area is 112 Å². The summed E-state index contributed by atoms with van der Waals surface area (Å²) in [7, 11) is 3.52. The molecule has 0 aromatic carbocycles. The van der Waals surface area contributed by atoms with Gasteiger partial charge in [-0.3, -0.25) is 0 Å². The summed E-state index contributed by atoms with van der Waals surface area (Å²) in [6, 6.07) is 0. The molecule has 0 aliphatic carbocycles. The lowest BCUT2D eigenvalue weighted by Crippen LogP contribution is -2.31. The van der Waals surface area contributed by atoms with Gasteiger partial charge in [-0.05, 0) is 37.5 Å². The molecule has 0 aliphatic heterocycles. The highest BCUT2D eigenvalue weighted by Crippen LogP contribution is 2.09. The molecule has 4 heteroatoms. The zero-order valence-electron chi connectivity index (χ0n) is 11.7. The first-order valence-electron chi connectivity index (χ1n) is 6.55. The zero-order chi connectivity index (χ0) is 12.9. The maximum Gasteiger partial charge on any atom is 0.0589 e. The van der Waals surface area contributed by atoms with Crippen molar-refractivity contribution in [1.82, 2.24) is 4.90 Å². The largest absolute Gasteiger partial charge is 0.385 e. The molecule has 0 aromatic heterocycles. The molecule has 0 aromatic rings. The van der Waals surface area contributed by atoms with Crippen LogP contribution in [0.2, 0.25) is 0 Å². The van der Waals surface area contributed by atoms with Gasteiger partial charge in [0.15, 0.2) is 0 Å². The SMILES string of the molecule is COCCCN(CCOC)CCC(C)CCS. The number of methoxy groups -OCH3 is 2. The van der Waals surface area contributed by atoms with E-state index in [9.17, 15) is 0 Å². The lowest BCUT2D eigenvalue weighted by atomic mass is 10.0. The van der Waals surface area contributed by atoms with Crippen LogP contribution in [0, 0.1) is 5.92 Å². The van der Waals surface area contributed by atoms with E-state index in [0.29, 0.717) is 0 Å². The number of hydrogen-bond acceptors (Lipinski definition) is 4. The maximum atomic E-state index is 5.15. The minimum Gasteiger partial charge on any atom is -0.385 e. The minimum atomic E-state index is 0.764. The predicted octanol–water partition coefficient (Wildman–Crippen LogP) is 2.32. The third-order valence-electron chi connectivity index (χ3n) is 2.99. The van der Waals surface area contributed by atoms with Gasteiger partial charge in [-0.1, -0.05) is 6.92 Å². The van der Waals surface area contributed by atoms with Gasteiger partial charge in [0.2, 0.25) is 0 Å². The Morgan fingerprint density at radius 1 is 1.00 bits per heavy atom. The first-order chi connectivity index (χ1) is 8.24. The van der Waals surface area contributed by atoms with Gasteiger partial charge in [0.1, 0.15) is 0 Å². The molecule has 17 heavy (non-hydrogen) atoms. The first kappa shape index (κ1) is 17.2. The van der Waals surface area contributed by atoms with Gasteiger partial charge >= 0.3 is 0 Å². The van der Waals surface area contributed by atoms with E-state index in [0.717, 1.165) is 50.9 Å². The molecule has 0 rings (SSSR count). The average Bonchev–Trinajstić information content (AvgIpc) is 2.32. The first-order valence-corrected chi connectivity index (χ1v) is 7.19. The van der Waals surface area contributed by atoms with Crippen LogP contribution in [-0.4, -0.2) is 57.7 Å². The Kier molecular flexibility index (Phi) is 12.9. The monoisotopic (exact) mass is 263 g/mol. The summed E-state index contributed by atoms with van der Waals surface area (Å²) in [6.07, 6.45) is 3.55.